The number of amides is 1. The molecule has 0 saturated heterocycles. The number of carbonyl (C=O) groups is 1. The van der Waals surface area contributed by atoms with Crippen molar-refractivity contribution in [1.82, 2.24) is 4.57 Å². The molecule has 1 heterocycles. The fourth-order valence-electron chi connectivity index (χ4n) is 2.77. The summed E-state index contributed by atoms with van der Waals surface area (Å²) in [5.41, 5.74) is 0.616. The Morgan fingerprint density at radius 1 is 1.10 bits per heavy atom. The molecule has 1 N–H and O–H groups in total. The Hall–Kier alpha value is -3.06. The molecule has 1 aromatic heterocycles. The van der Waals surface area contributed by atoms with E-state index in [1.165, 1.54) is 6.07 Å². The third-order valence-electron chi connectivity index (χ3n) is 4.37. The van der Waals surface area contributed by atoms with Crippen LogP contribution in [0.15, 0.2) is 65.6 Å². The summed E-state index contributed by atoms with van der Waals surface area (Å²) in [7, 11) is 0. The van der Waals surface area contributed by atoms with Gasteiger partial charge in [-0.15, -0.1) is 0 Å². The first kappa shape index (κ1) is 20.7. The van der Waals surface area contributed by atoms with E-state index < -0.39 is 23.2 Å². The smallest absolute Gasteiger partial charge is 0.322 e. The van der Waals surface area contributed by atoms with Gasteiger partial charge in [0.2, 0.25) is 0 Å². The van der Waals surface area contributed by atoms with Crippen molar-refractivity contribution >= 4 is 23.2 Å². The standard InChI is InChI=1S/C21H16ClF3N2O2/c1-13-17(22)6-3-7-18(13)26-20(29)15-5-2-4-14(10-15)11-27-12-16(21(23,24)25)8-9-19(27)28/h2-10,12H,11H2,1H3,(H,26,29). The van der Waals surface area contributed by atoms with Crippen LogP contribution in [0, 0.1) is 6.92 Å². The number of hydrogen-bond acceptors (Lipinski definition) is 2. The minimum Gasteiger partial charge on any atom is -0.322 e. The number of hydrogen-bond donors (Lipinski definition) is 1. The summed E-state index contributed by atoms with van der Waals surface area (Å²) < 4.78 is 39.7. The molecule has 0 saturated carbocycles. The van der Waals surface area contributed by atoms with Gasteiger partial charge in [0.05, 0.1) is 12.1 Å². The lowest BCUT2D eigenvalue weighted by Gasteiger charge is -2.12. The van der Waals surface area contributed by atoms with E-state index in [0.29, 0.717) is 27.4 Å². The maximum Gasteiger partial charge on any atom is 0.417 e. The molecule has 2 aromatic carbocycles. The SMILES string of the molecule is Cc1c(Cl)cccc1NC(=O)c1cccc(Cn2cc(C(F)(F)F)ccc2=O)c1. The molecule has 0 atom stereocenters. The van der Waals surface area contributed by atoms with Crippen LogP contribution in [0.3, 0.4) is 0 Å². The largest absolute Gasteiger partial charge is 0.417 e. The molecule has 150 valence electrons. The number of halogens is 4. The predicted molar refractivity (Wildman–Crippen MR) is 105 cm³/mol. The molecule has 0 aliphatic rings. The molecule has 0 aliphatic carbocycles. The lowest BCUT2D eigenvalue weighted by Crippen LogP contribution is -2.22. The molecular weight excluding hydrogens is 405 g/mol. The number of aromatic nitrogens is 1. The second-order valence-electron chi connectivity index (χ2n) is 6.45. The van der Waals surface area contributed by atoms with Crippen LogP contribution in [-0.4, -0.2) is 10.5 Å². The third kappa shape index (κ3) is 4.86. The average molecular weight is 421 g/mol. The van der Waals surface area contributed by atoms with E-state index in [9.17, 15) is 22.8 Å². The lowest BCUT2D eigenvalue weighted by molar-refractivity contribution is -0.138. The summed E-state index contributed by atoms with van der Waals surface area (Å²) in [6.07, 6.45) is -3.78. The number of alkyl halides is 3. The van der Waals surface area contributed by atoms with Crippen LogP contribution in [-0.2, 0) is 12.7 Å². The Balaban J connectivity index is 1.84. The van der Waals surface area contributed by atoms with Crippen LogP contribution >= 0.6 is 11.6 Å². The summed E-state index contributed by atoms with van der Waals surface area (Å²) in [6.45, 7) is 1.68. The monoisotopic (exact) mass is 420 g/mol. The van der Waals surface area contributed by atoms with Gasteiger partial charge in [-0.05, 0) is 48.4 Å². The Morgan fingerprint density at radius 3 is 2.55 bits per heavy atom. The van der Waals surface area contributed by atoms with Crippen LogP contribution < -0.4 is 10.9 Å². The number of rotatable bonds is 4. The molecule has 0 bridgehead atoms. The van der Waals surface area contributed by atoms with Gasteiger partial charge in [-0.2, -0.15) is 13.2 Å². The van der Waals surface area contributed by atoms with Crippen molar-refractivity contribution in [2.24, 2.45) is 0 Å². The Kier molecular flexibility index (Phi) is 5.79. The summed E-state index contributed by atoms with van der Waals surface area (Å²) in [5.74, 6) is -0.395. The van der Waals surface area contributed by atoms with Crippen molar-refractivity contribution in [3.05, 3.63) is 98.4 Å². The van der Waals surface area contributed by atoms with E-state index in [0.717, 1.165) is 22.9 Å². The van der Waals surface area contributed by atoms with Gasteiger partial charge in [0, 0.05) is 28.5 Å². The van der Waals surface area contributed by atoms with E-state index in [-0.39, 0.29) is 6.54 Å². The predicted octanol–water partition coefficient (Wildman–Crippen LogP) is 5.13. The Bertz CT molecular complexity index is 1120. The van der Waals surface area contributed by atoms with E-state index in [1.54, 1.807) is 43.3 Å². The summed E-state index contributed by atoms with van der Waals surface area (Å²) >= 11 is 6.05. The van der Waals surface area contributed by atoms with Crippen molar-refractivity contribution in [3.8, 4) is 0 Å². The fraction of sp³-hybridized carbons (Fsp3) is 0.143. The number of carbonyl (C=O) groups excluding carboxylic acids is 1. The maximum atomic E-state index is 12.9. The Morgan fingerprint density at radius 2 is 1.83 bits per heavy atom. The number of nitrogens with zero attached hydrogens (tertiary/aromatic N) is 1. The van der Waals surface area contributed by atoms with E-state index in [4.69, 9.17) is 11.6 Å². The Labute approximate surface area is 169 Å². The van der Waals surface area contributed by atoms with Gasteiger partial charge in [-0.25, -0.2) is 0 Å². The lowest BCUT2D eigenvalue weighted by atomic mass is 10.1. The van der Waals surface area contributed by atoms with Crippen molar-refractivity contribution in [3.63, 3.8) is 0 Å². The van der Waals surface area contributed by atoms with Gasteiger partial charge in [0.1, 0.15) is 0 Å². The van der Waals surface area contributed by atoms with E-state index >= 15 is 0 Å². The molecule has 8 heteroatoms. The molecule has 29 heavy (non-hydrogen) atoms. The number of nitrogens with one attached hydrogen (secondary N) is 1. The van der Waals surface area contributed by atoms with Crippen LogP contribution in [0.4, 0.5) is 18.9 Å². The summed E-state index contributed by atoms with van der Waals surface area (Å²) in [6, 6.07) is 13.1. The molecule has 0 spiro atoms. The topological polar surface area (TPSA) is 51.1 Å². The normalized spacial score (nSPS) is 11.3. The highest BCUT2D eigenvalue weighted by Gasteiger charge is 2.31. The minimum absolute atomic E-state index is 0.0972. The van der Waals surface area contributed by atoms with Crippen molar-refractivity contribution in [2.45, 2.75) is 19.6 Å². The average Bonchev–Trinajstić information content (AvgIpc) is 2.66. The first-order valence-corrected chi connectivity index (χ1v) is 8.96. The molecule has 4 nitrogen and oxygen atoms in total. The fourth-order valence-corrected chi connectivity index (χ4v) is 2.94. The van der Waals surface area contributed by atoms with Gasteiger partial charge in [0.15, 0.2) is 0 Å². The van der Waals surface area contributed by atoms with Gasteiger partial charge in [0.25, 0.3) is 11.5 Å². The number of pyridine rings is 1. The number of anilines is 1. The molecule has 3 rings (SSSR count). The zero-order valence-electron chi connectivity index (χ0n) is 15.3. The molecule has 0 unspecified atom stereocenters. The highest BCUT2D eigenvalue weighted by Crippen LogP contribution is 2.28. The summed E-state index contributed by atoms with van der Waals surface area (Å²) in [4.78, 5) is 24.5. The highest BCUT2D eigenvalue weighted by molar-refractivity contribution is 6.31. The third-order valence-corrected chi connectivity index (χ3v) is 4.78. The second kappa shape index (κ2) is 8.13. The van der Waals surface area contributed by atoms with Gasteiger partial charge in [-0.1, -0.05) is 29.8 Å². The highest BCUT2D eigenvalue weighted by atomic mass is 35.5. The zero-order valence-corrected chi connectivity index (χ0v) is 16.0. The molecule has 0 fully saturated rings. The first-order valence-electron chi connectivity index (χ1n) is 8.58. The maximum absolute atomic E-state index is 12.9. The van der Waals surface area contributed by atoms with Crippen LogP contribution in [0.2, 0.25) is 5.02 Å². The van der Waals surface area contributed by atoms with Gasteiger partial charge in [-0.3, -0.25) is 9.59 Å². The van der Waals surface area contributed by atoms with Crippen molar-refractivity contribution < 1.29 is 18.0 Å². The molecule has 3 aromatic rings. The summed E-state index contributed by atoms with van der Waals surface area (Å²) in [5, 5.41) is 3.27. The van der Waals surface area contributed by atoms with Crippen molar-refractivity contribution in [1.29, 1.82) is 0 Å². The zero-order chi connectivity index (χ0) is 21.2. The van der Waals surface area contributed by atoms with Gasteiger partial charge < -0.3 is 9.88 Å². The number of benzene rings is 2. The van der Waals surface area contributed by atoms with E-state index in [2.05, 4.69) is 5.32 Å². The second-order valence-corrected chi connectivity index (χ2v) is 6.86. The first-order chi connectivity index (χ1) is 13.6. The van der Waals surface area contributed by atoms with E-state index in [1.807, 2.05) is 0 Å². The van der Waals surface area contributed by atoms with Crippen LogP contribution in [0.5, 0.6) is 0 Å². The van der Waals surface area contributed by atoms with Crippen LogP contribution in [0.1, 0.15) is 27.0 Å². The molecule has 0 aliphatic heterocycles. The minimum atomic E-state index is -4.55. The molecule has 0 radical (unpaired) electrons. The molecule has 1 amide bonds. The molecular formula is C21H16ClF3N2O2. The quantitative estimate of drug-likeness (QED) is 0.636. The van der Waals surface area contributed by atoms with Crippen LogP contribution in [0.25, 0.3) is 0 Å². The van der Waals surface area contributed by atoms with Gasteiger partial charge >= 0.3 is 6.18 Å². The van der Waals surface area contributed by atoms with Crippen molar-refractivity contribution in [2.75, 3.05) is 5.32 Å².